The Kier molecular flexibility index (Phi) is 3.88. The molecule has 0 amide bonds. The predicted octanol–water partition coefficient (Wildman–Crippen LogP) is 0.277. The minimum Gasteiger partial charge on any atom is -0.481 e. The van der Waals surface area contributed by atoms with E-state index in [0.717, 1.165) is 12.8 Å². The van der Waals surface area contributed by atoms with Crippen LogP contribution in [0.3, 0.4) is 0 Å². The summed E-state index contributed by atoms with van der Waals surface area (Å²) in [5.41, 5.74) is 0. The average molecular weight is 221 g/mol. The fraction of sp³-hybridized carbons (Fsp3) is 0.875. The molecule has 1 aliphatic heterocycles. The molecule has 14 heavy (non-hydrogen) atoms. The van der Waals surface area contributed by atoms with Gasteiger partial charge in [0.05, 0.1) is 5.75 Å². The molecule has 0 bridgehead atoms. The van der Waals surface area contributed by atoms with E-state index in [-0.39, 0.29) is 18.6 Å². The lowest BCUT2D eigenvalue weighted by Crippen LogP contribution is -2.30. The molecule has 1 fully saturated rings. The van der Waals surface area contributed by atoms with E-state index < -0.39 is 16.0 Å². The van der Waals surface area contributed by atoms with Gasteiger partial charge in [0.15, 0.2) is 0 Å². The summed E-state index contributed by atoms with van der Waals surface area (Å²) < 4.78 is 24.5. The number of nitrogens with zero attached hydrogens (tertiary/aromatic N) is 1. The first-order chi connectivity index (χ1) is 6.52. The van der Waals surface area contributed by atoms with Crippen LogP contribution in [0, 0.1) is 0 Å². The first-order valence-electron chi connectivity index (χ1n) is 4.72. The number of hydrogen-bond acceptors (Lipinski definition) is 3. The third-order valence-corrected chi connectivity index (χ3v) is 4.21. The van der Waals surface area contributed by atoms with Crippen molar-refractivity contribution >= 4 is 16.0 Å². The Morgan fingerprint density at radius 1 is 1.29 bits per heavy atom. The number of carboxylic acids is 1. The lowest BCUT2D eigenvalue weighted by Gasteiger charge is -2.14. The molecule has 1 aliphatic rings. The molecule has 0 spiro atoms. The number of aliphatic carboxylic acids is 1. The SMILES string of the molecule is O=C(O)CCCS(=O)(=O)N1CCCC1. The van der Waals surface area contributed by atoms with Gasteiger partial charge in [-0.3, -0.25) is 4.79 Å². The van der Waals surface area contributed by atoms with E-state index in [1.54, 1.807) is 0 Å². The Balaban J connectivity index is 2.37. The zero-order chi connectivity index (χ0) is 10.6. The summed E-state index contributed by atoms with van der Waals surface area (Å²) in [4.78, 5) is 10.2. The summed E-state index contributed by atoms with van der Waals surface area (Å²) in [6.45, 7) is 1.19. The number of hydrogen-bond donors (Lipinski definition) is 1. The van der Waals surface area contributed by atoms with Gasteiger partial charge in [0.1, 0.15) is 0 Å². The summed E-state index contributed by atoms with van der Waals surface area (Å²) in [5, 5.41) is 8.37. The Morgan fingerprint density at radius 2 is 1.86 bits per heavy atom. The Hall–Kier alpha value is -0.620. The van der Waals surface area contributed by atoms with Gasteiger partial charge in [0.2, 0.25) is 10.0 Å². The van der Waals surface area contributed by atoms with E-state index in [1.165, 1.54) is 4.31 Å². The molecule has 1 rings (SSSR count). The largest absolute Gasteiger partial charge is 0.481 e. The van der Waals surface area contributed by atoms with Crippen molar-refractivity contribution in [3.8, 4) is 0 Å². The van der Waals surface area contributed by atoms with Crippen molar-refractivity contribution in [2.24, 2.45) is 0 Å². The molecule has 5 nitrogen and oxygen atoms in total. The molecule has 0 saturated carbocycles. The van der Waals surface area contributed by atoms with Crippen LogP contribution >= 0.6 is 0 Å². The quantitative estimate of drug-likeness (QED) is 0.723. The Labute approximate surface area is 83.8 Å². The van der Waals surface area contributed by atoms with Crippen molar-refractivity contribution in [3.05, 3.63) is 0 Å². The molecule has 0 aromatic heterocycles. The van der Waals surface area contributed by atoms with Crippen molar-refractivity contribution in [1.82, 2.24) is 4.31 Å². The van der Waals surface area contributed by atoms with Crippen molar-refractivity contribution in [2.75, 3.05) is 18.8 Å². The lowest BCUT2D eigenvalue weighted by molar-refractivity contribution is -0.137. The van der Waals surface area contributed by atoms with E-state index in [2.05, 4.69) is 0 Å². The first kappa shape index (κ1) is 11.5. The highest BCUT2D eigenvalue weighted by atomic mass is 32.2. The molecule has 1 saturated heterocycles. The van der Waals surface area contributed by atoms with Gasteiger partial charge in [-0.2, -0.15) is 0 Å². The van der Waals surface area contributed by atoms with Crippen LogP contribution < -0.4 is 0 Å². The molecule has 0 aliphatic carbocycles. The van der Waals surface area contributed by atoms with Crippen LogP contribution in [0.15, 0.2) is 0 Å². The fourth-order valence-electron chi connectivity index (χ4n) is 1.50. The molecule has 6 heteroatoms. The minimum atomic E-state index is -3.19. The van der Waals surface area contributed by atoms with Gasteiger partial charge in [-0.25, -0.2) is 12.7 Å². The summed E-state index contributed by atoms with van der Waals surface area (Å²) in [6, 6.07) is 0. The zero-order valence-corrected chi connectivity index (χ0v) is 8.79. The van der Waals surface area contributed by atoms with Crippen molar-refractivity contribution in [1.29, 1.82) is 0 Å². The second kappa shape index (κ2) is 4.75. The maximum absolute atomic E-state index is 11.5. The summed E-state index contributed by atoms with van der Waals surface area (Å²) >= 11 is 0. The van der Waals surface area contributed by atoms with E-state index >= 15 is 0 Å². The molecular weight excluding hydrogens is 206 g/mol. The summed E-state index contributed by atoms with van der Waals surface area (Å²) in [5.74, 6) is -0.985. The van der Waals surface area contributed by atoms with Gasteiger partial charge in [0, 0.05) is 19.5 Å². The highest BCUT2D eigenvalue weighted by Gasteiger charge is 2.24. The average Bonchev–Trinajstić information content (AvgIpc) is 2.54. The zero-order valence-electron chi connectivity index (χ0n) is 7.98. The maximum atomic E-state index is 11.5. The fourth-order valence-corrected chi connectivity index (χ4v) is 3.08. The predicted molar refractivity (Wildman–Crippen MR) is 51.5 cm³/mol. The van der Waals surface area contributed by atoms with Crippen LogP contribution in [0.2, 0.25) is 0 Å². The molecule has 82 valence electrons. The standard InChI is InChI=1S/C8H15NO4S/c10-8(11)4-3-7-14(12,13)9-5-1-2-6-9/h1-7H2,(H,10,11). The van der Waals surface area contributed by atoms with Crippen molar-refractivity contribution < 1.29 is 18.3 Å². The molecule has 0 aromatic rings. The Morgan fingerprint density at radius 3 is 2.36 bits per heavy atom. The summed E-state index contributed by atoms with van der Waals surface area (Å²) in [6.07, 6.45) is 1.96. The van der Waals surface area contributed by atoms with Gasteiger partial charge < -0.3 is 5.11 Å². The highest BCUT2D eigenvalue weighted by molar-refractivity contribution is 7.89. The van der Waals surface area contributed by atoms with Crippen LogP contribution in [0.25, 0.3) is 0 Å². The maximum Gasteiger partial charge on any atom is 0.303 e. The second-order valence-corrected chi connectivity index (χ2v) is 5.51. The molecule has 0 radical (unpaired) electrons. The third kappa shape index (κ3) is 3.26. The third-order valence-electron chi connectivity index (χ3n) is 2.25. The first-order valence-corrected chi connectivity index (χ1v) is 6.33. The number of carboxylic acid groups (broad SMARTS) is 1. The van der Waals surface area contributed by atoms with Gasteiger partial charge >= 0.3 is 5.97 Å². The Bertz CT molecular complexity index is 292. The topological polar surface area (TPSA) is 74.7 Å². The van der Waals surface area contributed by atoms with Gasteiger partial charge in [-0.1, -0.05) is 0 Å². The van der Waals surface area contributed by atoms with Gasteiger partial charge in [-0.05, 0) is 19.3 Å². The number of carbonyl (C=O) groups is 1. The van der Waals surface area contributed by atoms with Crippen LogP contribution in [0.5, 0.6) is 0 Å². The molecule has 1 heterocycles. The van der Waals surface area contributed by atoms with Crippen LogP contribution in [-0.4, -0.2) is 42.6 Å². The molecule has 0 unspecified atom stereocenters. The van der Waals surface area contributed by atoms with E-state index in [1.807, 2.05) is 0 Å². The smallest absolute Gasteiger partial charge is 0.303 e. The van der Waals surface area contributed by atoms with Crippen molar-refractivity contribution in [3.63, 3.8) is 0 Å². The van der Waals surface area contributed by atoms with E-state index in [9.17, 15) is 13.2 Å². The lowest BCUT2D eigenvalue weighted by atomic mass is 10.3. The molecular formula is C8H15NO4S. The van der Waals surface area contributed by atoms with Gasteiger partial charge in [0.25, 0.3) is 0 Å². The monoisotopic (exact) mass is 221 g/mol. The van der Waals surface area contributed by atoms with E-state index in [4.69, 9.17) is 5.11 Å². The van der Waals surface area contributed by atoms with E-state index in [0.29, 0.717) is 13.1 Å². The number of sulfonamides is 1. The van der Waals surface area contributed by atoms with Crippen LogP contribution in [0.4, 0.5) is 0 Å². The van der Waals surface area contributed by atoms with Crippen LogP contribution in [0.1, 0.15) is 25.7 Å². The molecule has 0 atom stereocenters. The normalized spacial score (nSPS) is 18.6. The van der Waals surface area contributed by atoms with Crippen molar-refractivity contribution in [2.45, 2.75) is 25.7 Å². The summed E-state index contributed by atoms with van der Waals surface area (Å²) in [7, 11) is -3.19. The highest BCUT2D eigenvalue weighted by Crippen LogP contribution is 2.14. The minimum absolute atomic E-state index is 0.0424. The second-order valence-electron chi connectivity index (χ2n) is 3.42. The molecule has 0 aromatic carbocycles. The van der Waals surface area contributed by atoms with Gasteiger partial charge in [-0.15, -0.1) is 0 Å². The molecule has 1 N–H and O–H groups in total. The number of rotatable bonds is 5. The van der Waals surface area contributed by atoms with Crippen LogP contribution in [-0.2, 0) is 14.8 Å².